The van der Waals surface area contributed by atoms with E-state index in [1.807, 2.05) is 191 Å². The molecule has 18 nitrogen and oxygen atoms in total. The minimum Gasteiger partial charge on any atom is -0.744 e. The number of carbonyl (C=O) groups excluding carboxylic acids is 3. The number of fused-ring (bicyclic) bond motifs is 4. The molecule has 1 amide bonds. The number of carboxylic acids is 1. The smallest absolute Gasteiger partial charge is 0.744 e. The summed E-state index contributed by atoms with van der Waals surface area (Å²) in [6.07, 6.45) is 10.2. The van der Waals surface area contributed by atoms with E-state index in [4.69, 9.17) is 4.42 Å². The molecule has 7 aromatic rings. The Morgan fingerprint density at radius 2 is 1.38 bits per heavy atom. The first-order valence-corrected chi connectivity index (χ1v) is 32.1. The predicted octanol–water partition coefficient (Wildman–Crippen LogP) is 5.66. The molecule has 3 heterocycles. The molecule has 0 saturated carbocycles. The molecule has 0 radical (unpaired) electrons. The van der Waals surface area contributed by atoms with E-state index in [9.17, 15) is 47.8 Å². The second kappa shape index (κ2) is 30.9. The van der Waals surface area contributed by atoms with Crippen molar-refractivity contribution in [2.75, 3.05) is 38.0 Å². The third-order valence-corrected chi connectivity index (χ3v) is 18.7. The van der Waals surface area contributed by atoms with Crippen molar-refractivity contribution < 1.29 is 169 Å². The Hall–Kier alpha value is -7.27. The molecule has 3 N–H and O–H groups in total. The van der Waals surface area contributed by atoms with Crippen molar-refractivity contribution >= 4 is 67.5 Å². The molecule has 0 unspecified atom stereocenters. The van der Waals surface area contributed by atoms with E-state index in [0.29, 0.717) is 58.8 Å². The quantitative estimate of drug-likeness (QED) is 0.00905. The molecule has 0 spiro atoms. The van der Waals surface area contributed by atoms with Gasteiger partial charge in [-0.25, -0.2) is 22.6 Å². The summed E-state index contributed by atoms with van der Waals surface area (Å²) in [6, 6.07) is 48.3. The fourth-order valence-corrected chi connectivity index (χ4v) is 13.1. The third kappa shape index (κ3) is 15.9. The van der Waals surface area contributed by atoms with Crippen LogP contribution in [0.5, 0.6) is 0 Å². The van der Waals surface area contributed by atoms with Gasteiger partial charge < -0.3 is 39.3 Å². The number of Topliss-reactive ketones (excluding diaryl/α,β-unsaturated/α-hetero) is 1. The topological polar surface area (TPSA) is 245 Å². The number of amides is 1. The number of hydrogen-bond donors (Lipinski definition) is 3. The molecule has 21 heteroatoms. The molecule has 4 aliphatic rings. The van der Waals surface area contributed by atoms with Crippen LogP contribution < -0.4 is 133 Å². The van der Waals surface area contributed by atoms with Crippen molar-refractivity contribution in [3.63, 3.8) is 0 Å². The van der Waals surface area contributed by atoms with Crippen molar-refractivity contribution in [3.8, 4) is 22.5 Å². The summed E-state index contributed by atoms with van der Waals surface area (Å²) in [5, 5.41) is 35.3. The fourth-order valence-electron chi connectivity index (χ4n) is 12.6. The number of aryl methyl sites for hydroxylation is 1. The SMILES string of the molecule is CN(C)c1ccc2c(-c3ccc(C(=O)NCc4ccc(CCC(=O)c5ccc(CN6\C(=C/C=C/C=C/C7=[N+](Cc8ccc(C(=O)O)cc8)c8ccc(S(=O)(=O)[O-])cc8C7(C)C)C(C)(C)c7cc(C(=O)O[O-])ccc76)cc5)cc4)cc3[CH-]OO)c3ccc(=[N+](C)C)cc-3oc2c1.[K+].[K+]. The second-order valence-electron chi connectivity index (χ2n) is 25.1. The van der Waals surface area contributed by atoms with Gasteiger partial charge in [-0.05, 0) is 121 Å². The average Bonchev–Trinajstić information content (AvgIpc) is 1.72. The minimum atomic E-state index is -4.76. The summed E-state index contributed by atoms with van der Waals surface area (Å²) in [5.41, 5.74) is 12.4. The van der Waals surface area contributed by atoms with Crippen molar-refractivity contribution in [1.29, 1.82) is 0 Å². The number of benzene rings is 8. The van der Waals surface area contributed by atoms with E-state index in [1.54, 1.807) is 48.5 Å². The van der Waals surface area contributed by atoms with Gasteiger partial charge in [0.1, 0.15) is 35.6 Å². The standard InChI is InChI=1S/C76H71N5O13S.2K/c1-75(2)62-39-54(74(86)94-88)28-35-64(62)80(69(75)12-10-9-11-13-70-76(3,4)63-42-58(95(89,90)91)31-36-65(63)81(70)45-50-20-25-52(26-21-50)73(84)85)44-49-18-23-51(24-19-49)66(82)37-22-47-14-16-48(17-15-47)43-77-72(83)53-27-32-59(55(38-53)46-92-87)71-60-33-29-56(78(5)6)40-67(60)93-68-41-57(79(7)8)30-34-61(68)71;;/h9-21,23-36,38-42,46H,22,37,43-45H2,1-8H3,(H4-,77,83,84,85,87,88,89,90,91);;/q;2*+1/p-1. The summed E-state index contributed by atoms with van der Waals surface area (Å²) in [5.74, 6) is -1.75. The Morgan fingerprint density at radius 3 is 2.05 bits per heavy atom. The van der Waals surface area contributed by atoms with E-state index in [-0.39, 0.29) is 143 Å². The molecule has 3 aliphatic heterocycles. The maximum atomic E-state index is 13.7. The normalized spacial score (nSPS) is 14.1. The number of anilines is 2. The molecule has 0 atom stereocenters. The van der Waals surface area contributed by atoms with Gasteiger partial charge in [0.25, 0.3) is 0 Å². The Labute approximate surface area is 648 Å². The van der Waals surface area contributed by atoms with Gasteiger partial charge in [0, 0.05) is 108 Å². The largest absolute Gasteiger partial charge is 1.00 e. The zero-order valence-electron chi connectivity index (χ0n) is 55.7. The van der Waals surface area contributed by atoms with Crippen LogP contribution in [0.3, 0.4) is 0 Å². The van der Waals surface area contributed by atoms with Crippen LogP contribution in [0, 0.1) is 6.61 Å². The first-order valence-electron chi connectivity index (χ1n) is 30.7. The monoisotopic (exact) mass is 1370 g/mol. The number of allylic oxidation sites excluding steroid dienone is 6. The molecule has 1 aliphatic carbocycles. The van der Waals surface area contributed by atoms with Crippen LogP contribution in [-0.4, -0.2) is 85.4 Å². The Kier molecular flexibility index (Phi) is 23.5. The van der Waals surface area contributed by atoms with Crippen LogP contribution in [0.15, 0.2) is 209 Å². The summed E-state index contributed by atoms with van der Waals surface area (Å²) in [6.45, 7) is 10.1. The molecule has 484 valence electrons. The molecular formula is C76H70K2N5O13S+. The number of ketones is 1. The van der Waals surface area contributed by atoms with E-state index < -0.39 is 32.9 Å². The van der Waals surface area contributed by atoms with E-state index in [0.717, 1.165) is 78.0 Å². The molecule has 0 fully saturated rings. The van der Waals surface area contributed by atoms with E-state index in [2.05, 4.69) is 20.0 Å². The maximum Gasteiger partial charge on any atom is 1.00 e. The number of aromatic carboxylic acids is 1. The van der Waals surface area contributed by atoms with Crippen LogP contribution in [0.1, 0.15) is 114 Å². The van der Waals surface area contributed by atoms with Gasteiger partial charge in [0.05, 0.1) is 27.5 Å². The number of carbonyl (C=O) groups is 4. The van der Waals surface area contributed by atoms with Gasteiger partial charge >= 0.3 is 115 Å². The van der Waals surface area contributed by atoms with Gasteiger partial charge in [-0.3, -0.25) is 19.7 Å². The van der Waals surface area contributed by atoms with Gasteiger partial charge in [0.2, 0.25) is 17.0 Å². The van der Waals surface area contributed by atoms with E-state index >= 15 is 0 Å². The van der Waals surface area contributed by atoms with Crippen molar-refractivity contribution in [3.05, 3.63) is 273 Å². The number of nitrogens with one attached hydrogen (secondary N) is 1. The number of nitrogens with zero attached hydrogens (tertiary/aromatic N) is 4. The zero-order chi connectivity index (χ0) is 67.7. The summed E-state index contributed by atoms with van der Waals surface area (Å²) in [4.78, 5) is 63.8. The second-order valence-corrected chi connectivity index (χ2v) is 26.5. The predicted molar refractivity (Wildman–Crippen MR) is 360 cm³/mol. The number of rotatable bonds is 21. The Morgan fingerprint density at radius 1 is 0.722 bits per heavy atom. The number of hydrogen-bond acceptors (Lipinski definition) is 14. The van der Waals surface area contributed by atoms with Crippen LogP contribution in [0.2, 0.25) is 0 Å². The van der Waals surface area contributed by atoms with Gasteiger partial charge in [-0.2, -0.15) is 10.1 Å². The van der Waals surface area contributed by atoms with Crippen LogP contribution in [0.4, 0.5) is 17.1 Å². The first kappa shape index (κ1) is 74.0. The number of carboxylic acid groups (broad SMARTS) is 1. The maximum absolute atomic E-state index is 13.7. The van der Waals surface area contributed by atoms with Crippen LogP contribution in [0.25, 0.3) is 33.4 Å². The Bertz CT molecular complexity index is 4840. The van der Waals surface area contributed by atoms with Crippen LogP contribution in [-0.2, 0) is 56.8 Å². The summed E-state index contributed by atoms with van der Waals surface area (Å²) >= 11 is 0. The minimum absolute atomic E-state index is 0. The molecular weight excluding hydrogens is 1300 g/mol. The molecule has 97 heavy (non-hydrogen) atoms. The first-order chi connectivity index (χ1) is 45.3. The summed E-state index contributed by atoms with van der Waals surface area (Å²) in [7, 11) is 3.10. The Balaban J connectivity index is 0.00000551. The van der Waals surface area contributed by atoms with Gasteiger partial charge in [-0.1, -0.05) is 104 Å². The summed E-state index contributed by atoms with van der Waals surface area (Å²) < 4.78 is 47.0. The van der Waals surface area contributed by atoms with Crippen molar-refractivity contribution in [2.45, 2.75) is 75.9 Å². The molecule has 0 aromatic heterocycles. The van der Waals surface area contributed by atoms with Crippen molar-refractivity contribution in [2.24, 2.45) is 0 Å². The fraction of sp³-hybridized carbons (Fsp3) is 0.197. The zero-order valence-corrected chi connectivity index (χ0v) is 62.7. The van der Waals surface area contributed by atoms with Crippen LogP contribution >= 0.6 is 0 Å². The van der Waals surface area contributed by atoms with Crippen molar-refractivity contribution in [1.82, 2.24) is 9.89 Å². The molecule has 7 aromatic carbocycles. The molecule has 0 saturated heterocycles. The van der Waals surface area contributed by atoms with E-state index in [1.165, 1.54) is 30.9 Å². The molecule has 11 rings (SSSR count). The van der Waals surface area contributed by atoms with Gasteiger partial charge in [-0.15, -0.1) is 17.7 Å². The third-order valence-electron chi connectivity index (χ3n) is 17.8. The molecule has 0 bridgehead atoms. The van der Waals surface area contributed by atoms with Gasteiger partial charge in [0.15, 0.2) is 18.0 Å². The average molecular weight is 1370 g/mol.